The van der Waals surface area contributed by atoms with Crippen LogP contribution in [0.5, 0.6) is 5.75 Å². The number of amides is 1. The Labute approximate surface area is 215 Å². The number of phenols is 1. The van der Waals surface area contributed by atoms with Crippen LogP contribution in [0.2, 0.25) is 5.02 Å². The van der Waals surface area contributed by atoms with Gasteiger partial charge in [0.25, 0.3) is 0 Å². The van der Waals surface area contributed by atoms with Crippen LogP contribution in [0.25, 0.3) is 6.08 Å². The summed E-state index contributed by atoms with van der Waals surface area (Å²) in [4.78, 5) is 26.1. The summed E-state index contributed by atoms with van der Waals surface area (Å²) in [6, 6.07) is 19.0. The molecule has 8 heteroatoms. The number of nitrogens with two attached hydrogens (primary N) is 1. The minimum Gasteiger partial charge on any atom is -0.508 e. The van der Waals surface area contributed by atoms with Crippen LogP contribution >= 0.6 is 24.0 Å². The van der Waals surface area contributed by atoms with Gasteiger partial charge in [-0.15, -0.1) is 12.4 Å². The van der Waals surface area contributed by atoms with E-state index in [9.17, 15) is 19.8 Å². The molecule has 0 aliphatic heterocycles. The number of nitrogens with one attached hydrogen (secondary N) is 1. The summed E-state index contributed by atoms with van der Waals surface area (Å²) in [5, 5.41) is 24.6. The van der Waals surface area contributed by atoms with Crippen molar-refractivity contribution in [1.29, 1.82) is 0 Å². The molecule has 5 N–H and O–H groups in total. The van der Waals surface area contributed by atoms with Gasteiger partial charge in [0.2, 0.25) is 5.91 Å². The molecular weight excluding hydrogens is 487 g/mol. The van der Waals surface area contributed by atoms with Gasteiger partial charge in [-0.05, 0) is 41.8 Å². The molecule has 3 atom stereocenters. The van der Waals surface area contributed by atoms with Gasteiger partial charge in [-0.25, -0.2) is 0 Å². The Kier molecular flexibility index (Phi) is 10.0. The fourth-order valence-electron chi connectivity index (χ4n) is 3.78. The van der Waals surface area contributed by atoms with E-state index >= 15 is 0 Å². The van der Waals surface area contributed by atoms with Crippen LogP contribution < -0.4 is 11.1 Å². The highest BCUT2D eigenvalue weighted by Crippen LogP contribution is 2.32. The summed E-state index contributed by atoms with van der Waals surface area (Å²) < 4.78 is 0. The van der Waals surface area contributed by atoms with E-state index in [0.29, 0.717) is 21.7 Å². The third kappa shape index (κ3) is 6.71. The zero-order valence-electron chi connectivity index (χ0n) is 19.1. The van der Waals surface area contributed by atoms with Crippen LogP contribution in [-0.4, -0.2) is 34.0 Å². The number of rotatable bonds is 9. The lowest BCUT2D eigenvalue weighted by atomic mass is 9.78. The second kappa shape index (κ2) is 12.5. The highest BCUT2D eigenvalue weighted by Gasteiger charge is 2.44. The molecule has 0 saturated carbocycles. The van der Waals surface area contributed by atoms with E-state index in [1.165, 1.54) is 30.3 Å². The molecule has 184 valence electrons. The van der Waals surface area contributed by atoms with Crippen molar-refractivity contribution in [3.8, 4) is 5.75 Å². The molecule has 0 heterocycles. The third-order valence-electron chi connectivity index (χ3n) is 5.76. The number of Topliss-reactive ketones (excluding diaryl/α,β-unsaturated/α-hetero) is 1. The first kappa shape index (κ1) is 28.1. The molecule has 3 unspecified atom stereocenters. The van der Waals surface area contributed by atoms with E-state index in [1.54, 1.807) is 67.6 Å². The standard InChI is InChI=1S/C27H27ClN2O4.ClH/c1-2-27(34,20-13-15-21(31)16-14-20)26(24(29)25(33)19-9-4-3-5-10-19)30-23(32)17-12-18-8-6-7-11-22(18)28;/h3-17,24,26,31,34H,2,29H2,1H3,(H,30,32);1H. The number of carbonyl (C=O) groups excluding carboxylic acids is 2. The number of ketones is 1. The molecule has 0 spiro atoms. The Morgan fingerprint density at radius 1 is 1.03 bits per heavy atom. The number of hydrogen-bond donors (Lipinski definition) is 4. The van der Waals surface area contributed by atoms with Crippen molar-refractivity contribution in [2.75, 3.05) is 0 Å². The molecule has 0 bridgehead atoms. The highest BCUT2D eigenvalue weighted by molar-refractivity contribution is 6.32. The third-order valence-corrected chi connectivity index (χ3v) is 6.10. The van der Waals surface area contributed by atoms with Gasteiger partial charge < -0.3 is 21.3 Å². The number of phenolic OH excluding ortho intramolecular Hbond substituents is 1. The van der Waals surface area contributed by atoms with Gasteiger partial charge in [-0.2, -0.15) is 0 Å². The van der Waals surface area contributed by atoms with E-state index in [4.69, 9.17) is 17.3 Å². The maximum atomic E-state index is 13.2. The Balaban J connectivity index is 0.00000432. The molecule has 0 aromatic heterocycles. The number of carbonyl (C=O) groups is 2. The van der Waals surface area contributed by atoms with Gasteiger partial charge in [0, 0.05) is 16.7 Å². The predicted octanol–water partition coefficient (Wildman–Crippen LogP) is 4.47. The van der Waals surface area contributed by atoms with E-state index < -0.39 is 29.4 Å². The van der Waals surface area contributed by atoms with Crippen LogP contribution in [-0.2, 0) is 10.4 Å². The monoisotopic (exact) mass is 514 g/mol. The Morgan fingerprint density at radius 3 is 2.23 bits per heavy atom. The lowest BCUT2D eigenvalue weighted by molar-refractivity contribution is -0.120. The molecule has 35 heavy (non-hydrogen) atoms. The number of halogens is 2. The Hall–Kier alpha value is -3.16. The Bertz CT molecular complexity index is 1170. The fraction of sp³-hybridized carbons (Fsp3) is 0.185. The van der Waals surface area contributed by atoms with Crippen molar-refractivity contribution in [2.45, 2.75) is 31.0 Å². The van der Waals surface area contributed by atoms with Crippen LogP contribution in [0, 0.1) is 0 Å². The van der Waals surface area contributed by atoms with Gasteiger partial charge >= 0.3 is 0 Å². The number of aliphatic hydroxyl groups is 1. The van der Waals surface area contributed by atoms with E-state index in [-0.39, 0.29) is 24.6 Å². The summed E-state index contributed by atoms with van der Waals surface area (Å²) in [5.41, 5.74) is 6.11. The summed E-state index contributed by atoms with van der Waals surface area (Å²) in [5.74, 6) is -0.950. The first-order valence-electron chi connectivity index (χ1n) is 10.9. The summed E-state index contributed by atoms with van der Waals surface area (Å²) in [7, 11) is 0. The molecule has 3 aromatic rings. The molecule has 6 nitrogen and oxygen atoms in total. The second-order valence-electron chi connectivity index (χ2n) is 7.92. The predicted molar refractivity (Wildman–Crippen MR) is 141 cm³/mol. The van der Waals surface area contributed by atoms with Gasteiger partial charge in [-0.1, -0.05) is 79.2 Å². The number of hydrogen-bond acceptors (Lipinski definition) is 5. The maximum Gasteiger partial charge on any atom is 0.244 e. The molecule has 0 aliphatic rings. The first-order chi connectivity index (χ1) is 16.3. The lowest BCUT2D eigenvalue weighted by Crippen LogP contribution is -2.61. The average molecular weight is 515 g/mol. The van der Waals surface area contributed by atoms with E-state index in [1.807, 2.05) is 0 Å². The SMILES string of the molecule is CCC(O)(c1ccc(O)cc1)C(NC(=O)C=Cc1ccccc1Cl)C(N)C(=O)c1ccccc1.Cl. The molecule has 1 amide bonds. The number of benzene rings is 3. The van der Waals surface area contributed by atoms with Gasteiger partial charge in [-0.3, -0.25) is 9.59 Å². The zero-order valence-corrected chi connectivity index (χ0v) is 20.7. The van der Waals surface area contributed by atoms with Crippen molar-refractivity contribution in [3.05, 3.63) is 107 Å². The van der Waals surface area contributed by atoms with Gasteiger partial charge in [0.05, 0.1) is 12.1 Å². The quantitative estimate of drug-likeness (QED) is 0.248. The van der Waals surface area contributed by atoms with Crippen molar-refractivity contribution >= 4 is 41.8 Å². The van der Waals surface area contributed by atoms with Crippen molar-refractivity contribution in [2.24, 2.45) is 5.73 Å². The topological polar surface area (TPSA) is 113 Å². The molecule has 3 aromatic carbocycles. The molecule has 0 aliphatic carbocycles. The van der Waals surface area contributed by atoms with E-state index in [2.05, 4.69) is 5.32 Å². The van der Waals surface area contributed by atoms with Crippen LogP contribution in [0.1, 0.15) is 34.8 Å². The molecule has 0 saturated heterocycles. The minimum absolute atomic E-state index is 0. The molecule has 0 fully saturated rings. The van der Waals surface area contributed by atoms with Crippen molar-refractivity contribution in [1.82, 2.24) is 5.32 Å². The maximum absolute atomic E-state index is 13.2. The van der Waals surface area contributed by atoms with Crippen LogP contribution in [0.3, 0.4) is 0 Å². The smallest absolute Gasteiger partial charge is 0.244 e. The zero-order chi connectivity index (χ0) is 24.7. The highest BCUT2D eigenvalue weighted by atomic mass is 35.5. The summed E-state index contributed by atoms with van der Waals surface area (Å²) in [6.07, 6.45) is 2.97. The second-order valence-corrected chi connectivity index (χ2v) is 8.33. The minimum atomic E-state index is -1.69. The largest absolute Gasteiger partial charge is 0.508 e. The summed E-state index contributed by atoms with van der Waals surface area (Å²) in [6.45, 7) is 1.73. The first-order valence-corrected chi connectivity index (χ1v) is 11.2. The van der Waals surface area contributed by atoms with Crippen molar-refractivity contribution < 1.29 is 19.8 Å². The van der Waals surface area contributed by atoms with Crippen molar-refractivity contribution in [3.63, 3.8) is 0 Å². The normalized spacial score (nSPS) is 14.4. The molecule has 3 rings (SSSR count). The fourth-order valence-corrected chi connectivity index (χ4v) is 3.98. The lowest BCUT2D eigenvalue weighted by Gasteiger charge is -2.39. The Morgan fingerprint density at radius 2 is 1.63 bits per heavy atom. The van der Waals surface area contributed by atoms with Gasteiger partial charge in [0.1, 0.15) is 11.4 Å². The van der Waals surface area contributed by atoms with Crippen LogP contribution in [0.4, 0.5) is 0 Å². The van der Waals surface area contributed by atoms with Crippen LogP contribution in [0.15, 0.2) is 84.9 Å². The van der Waals surface area contributed by atoms with E-state index in [0.717, 1.165) is 0 Å². The van der Waals surface area contributed by atoms with Gasteiger partial charge in [0.15, 0.2) is 5.78 Å². The molecular formula is C27H28Cl2N2O4. The average Bonchev–Trinajstić information content (AvgIpc) is 2.86. The molecule has 0 radical (unpaired) electrons. The number of aromatic hydroxyl groups is 1. The summed E-state index contributed by atoms with van der Waals surface area (Å²) >= 11 is 6.15.